The summed E-state index contributed by atoms with van der Waals surface area (Å²) in [6.45, 7) is 2.81. The molecule has 0 aromatic heterocycles. The molecule has 1 unspecified atom stereocenters. The van der Waals surface area contributed by atoms with E-state index >= 15 is 0 Å². The molecule has 0 aliphatic carbocycles. The maximum absolute atomic E-state index is 12.0. The van der Waals surface area contributed by atoms with E-state index in [0.717, 1.165) is 6.54 Å². The van der Waals surface area contributed by atoms with E-state index in [-0.39, 0.29) is 11.0 Å². The molecule has 6 nitrogen and oxygen atoms in total. The van der Waals surface area contributed by atoms with Gasteiger partial charge in [-0.2, -0.15) is 0 Å². The number of sulfone groups is 1. The van der Waals surface area contributed by atoms with Gasteiger partial charge in [0.15, 0.2) is 21.3 Å². The topological polar surface area (TPSA) is 73.9 Å². The molecule has 110 valence electrons. The minimum absolute atomic E-state index is 0.246. The van der Waals surface area contributed by atoms with Crippen LogP contribution in [0.2, 0.25) is 0 Å². The number of hydrogen-bond acceptors (Lipinski definition) is 6. The molecular weight excluding hydrogens is 282 g/mol. The van der Waals surface area contributed by atoms with Gasteiger partial charge in [-0.05, 0) is 6.07 Å². The first-order valence-corrected chi connectivity index (χ1v) is 8.41. The average molecular weight is 299 g/mol. The summed E-state index contributed by atoms with van der Waals surface area (Å²) >= 11 is 0. The average Bonchev–Trinajstić information content (AvgIpc) is 2.46. The van der Waals surface area contributed by atoms with Crippen LogP contribution >= 0.6 is 0 Å². The highest BCUT2D eigenvalue weighted by molar-refractivity contribution is 7.90. The monoisotopic (exact) mass is 299 g/mol. The fraction of sp³-hybridized carbons (Fsp3) is 0.538. The van der Waals surface area contributed by atoms with Crippen LogP contribution in [0.4, 0.5) is 0 Å². The van der Waals surface area contributed by atoms with Crippen LogP contribution in [0.3, 0.4) is 0 Å². The summed E-state index contributed by atoms with van der Waals surface area (Å²) in [6, 6.07) is 3.26. The summed E-state index contributed by atoms with van der Waals surface area (Å²) in [5.74, 6) is 1.05. The first-order valence-electron chi connectivity index (χ1n) is 6.51. The van der Waals surface area contributed by atoms with E-state index in [1.54, 1.807) is 6.07 Å². The number of fused-ring (bicyclic) bond motifs is 1. The van der Waals surface area contributed by atoms with Crippen molar-refractivity contribution in [2.45, 2.75) is 11.0 Å². The fourth-order valence-corrected chi connectivity index (χ4v) is 3.36. The molecule has 1 fully saturated rings. The Bertz CT molecular complexity index is 607. The number of benzene rings is 1. The van der Waals surface area contributed by atoms with Crippen molar-refractivity contribution < 1.29 is 22.6 Å². The summed E-state index contributed by atoms with van der Waals surface area (Å²) in [4.78, 5) is 0.246. The van der Waals surface area contributed by atoms with Crippen molar-refractivity contribution in [3.8, 4) is 11.5 Å². The molecule has 0 amide bonds. The second-order valence-corrected chi connectivity index (χ2v) is 6.85. The van der Waals surface area contributed by atoms with Crippen LogP contribution in [0.5, 0.6) is 11.5 Å². The van der Waals surface area contributed by atoms with Gasteiger partial charge >= 0.3 is 0 Å². The van der Waals surface area contributed by atoms with Crippen LogP contribution in [0.25, 0.3) is 0 Å². The van der Waals surface area contributed by atoms with E-state index in [1.807, 2.05) is 0 Å². The van der Waals surface area contributed by atoms with Crippen LogP contribution in [0.1, 0.15) is 11.7 Å². The fourth-order valence-electron chi connectivity index (χ4n) is 2.42. The summed E-state index contributed by atoms with van der Waals surface area (Å²) in [7, 11) is -3.36. The summed E-state index contributed by atoms with van der Waals surface area (Å²) in [5.41, 5.74) is 0.629. The lowest BCUT2D eigenvalue weighted by Gasteiger charge is -2.27. The molecule has 2 aliphatic heterocycles. The van der Waals surface area contributed by atoms with Gasteiger partial charge in [-0.15, -0.1) is 0 Å². The predicted octanol–water partition coefficient (Wildman–Crippen LogP) is 0.522. The van der Waals surface area contributed by atoms with Crippen LogP contribution in [0.15, 0.2) is 17.0 Å². The Morgan fingerprint density at radius 2 is 1.85 bits per heavy atom. The smallest absolute Gasteiger partial charge is 0.176 e. The molecular formula is C13H17NO5S. The van der Waals surface area contributed by atoms with Gasteiger partial charge in [-0.25, -0.2) is 8.42 Å². The van der Waals surface area contributed by atoms with Gasteiger partial charge in [0.25, 0.3) is 0 Å². The van der Waals surface area contributed by atoms with E-state index in [1.165, 1.54) is 12.3 Å². The number of hydrogen-bond donors (Lipinski definition) is 1. The van der Waals surface area contributed by atoms with Crippen LogP contribution in [-0.2, 0) is 14.6 Å². The largest absolute Gasteiger partial charge is 0.486 e. The van der Waals surface area contributed by atoms with Gasteiger partial charge in [0, 0.05) is 31.0 Å². The van der Waals surface area contributed by atoms with Crippen LogP contribution in [-0.4, -0.2) is 47.6 Å². The van der Waals surface area contributed by atoms with E-state index in [4.69, 9.17) is 14.2 Å². The third-order valence-corrected chi connectivity index (χ3v) is 4.50. The molecule has 2 aliphatic rings. The molecule has 2 heterocycles. The summed E-state index contributed by atoms with van der Waals surface area (Å²) in [5, 5.41) is 3.20. The molecule has 1 aromatic carbocycles. The normalized spacial score (nSPS) is 22.6. The van der Waals surface area contributed by atoms with Crippen molar-refractivity contribution in [2.24, 2.45) is 0 Å². The van der Waals surface area contributed by atoms with Crippen molar-refractivity contribution in [1.82, 2.24) is 5.32 Å². The van der Waals surface area contributed by atoms with Gasteiger partial charge in [0.1, 0.15) is 13.2 Å². The molecule has 0 radical (unpaired) electrons. The first kappa shape index (κ1) is 13.7. The maximum atomic E-state index is 12.0. The van der Waals surface area contributed by atoms with Crippen LogP contribution < -0.4 is 14.8 Å². The molecule has 1 atom stereocenters. The Balaban J connectivity index is 2.09. The Morgan fingerprint density at radius 3 is 2.45 bits per heavy atom. The van der Waals surface area contributed by atoms with Gasteiger partial charge in [-0.1, -0.05) is 0 Å². The van der Waals surface area contributed by atoms with E-state index < -0.39 is 9.84 Å². The predicted molar refractivity (Wildman–Crippen MR) is 72.1 cm³/mol. The Morgan fingerprint density at radius 1 is 1.15 bits per heavy atom. The minimum Gasteiger partial charge on any atom is -0.486 e. The Hall–Kier alpha value is -1.31. The van der Waals surface area contributed by atoms with Crippen LogP contribution in [0, 0.1) is 0 Å². The molecule has 7 heteroatoms. The third kappa shape index (κ3) is 2.61. The van der Waals surface area contributed by atoms with Crippen molar-refractivity contribution in [2.75, 3.05) is 39.2 Å². The zero-order valence-electron chi connectivity index (χ0n) is 11.2. The Labute approximate surface area is 117 Å². The highest BCUT2D eigenvalue weighted by Crippen LogP contribution is 2.38. The van der Waals surface area contributed by atoms with Crippen molar-refractivity contribution in [1.29, 1.82) is 0 Å². The number of rotatable bonds is 2. The van der Waals surface area contributed by atoms with Crippen molar-refractivity contribution in [3.05, 3.63) is 17.7 Å². The molecule has 0 saturated carbocycles. The number of nitrogens with one attached hydrogen (secondary N) is 1. The van der Waals surface area contributed by atoms with Crippen molar-refractivity contribution >= 4 is 9.84 Å². The molecule has 0 bridgehead atoms. The summed E-state index contributed by atoms with van der Waals surface area (Å²) < 4.78 is 40.7. The second-order valence-electron chi connectivity index (χ2n) is 4.87. The van der Waals surface area contributed by atoms with E-state index in [9.17, 15) is 8.42 Å². The lowest BCUT2D eigenvalue weighted by Crippen LogP contribution is -2.34. The lowest BCUT2D eigenvalue weighted by atomic mass is 10.1. The molecule has 0 spiro atoms. The second kappa shape index (κ2) is 5.23. The van der Waals surface area contributed by atoms with Gasteiger partial charge in [-0.3, -0.25) is 0 Å². The van der Waals surface area contributed by atoms with Gasteiger partial charge in [0.05, 0.1) is 17.6 Å². The molecule has 1 saturated heterocycles. The lowest BCUT2D eigenvalue weighted by molar-refractivity contribution is 0.0256. The molecule has 3 rings (SSSR count). The molecule has 20 heavy (non-hydrogen) atoms. The highest BCUT2D eigenvalue weighted by atomic mass is 32.2. The van der Waals surface area contributed by atoms with Gasteiger partial charge < -0.3 is 19.5 Å². The first-order chi connectivity index (χ1) is 9.55. The highest BCUT2D eigenvalue weighted by Gasteiger charge is 2.27. The van der Waals surface area contributed by atoms with Gasteiger partial charge in [0.2, 0.25) is 0 Å². The summed E-state index contributed by atoms with van der Waals surface area (Å²) in [6.07, 6.45) is 0.905. The number of ether oxygens (including phenoxy) is 3. The third-order valence-electron chi connectivity index (χ3n) is 3.35. The zero-order valence-corrected chi connectivity index (χ0v) is 12.0. The SMILES string of the molecule is CS(=O)(=O)c1cc2c(cc1C1CNCCO1)OCCO2. The Kier molecular flexibility index (Phi) is 3.57. The minimum atomic E-state index is -3.36. The maximum Gasteiger partial charge on any atom is 0.176 e. The zero-order chi connectivity index (χ0) is 14.2. The molecule has 1 aromatic rings. The van der Waals surface area contributed by atoms with Crippen molar-refractivity contribution in [3.63, 3.8) is 0 Å². The molecule has 1 N–H and O–H groups in total. The van der Waals surface area contributed by atoms with E-state index in [0.29, 0.717) is 43.4 Å². The quantitative estimate of drug-likeness (QED) is 0.858. The van der Waals surface area contributed by atoms with E-state index in [2.05, 4.69) is 5.32 Å². The number of morpholine rings is 1. The standard InChI is InChI=1S/C13H17NO5S/c1-20(15,16)13-7-11-10(18-4-5-19-11)6-9(13)12-8-14-2-3-17-12/h6-7,12,14H,2-5,8H2,1H3.